The van der Waals surface area contributed by atoms with Gasteiger partial charge in [0.15, 0.2) is 0 Å². The van der Waals surface area contributed by atoms with Crippen LogP contribution in [0.5, 0.6) is 0 Å². The Morgan fingerprint density at radius 3 is 2.61 bits per heavy atom. The molecule has 2 N–H and O–H groups in total. The Kier molecular flexibility index (Phi) is 5.01. The van der Waals surface area contributed by atoms with Gasteiger partial charge in [-0.2, -0.15) is 0 Å². The fourth-order valence-electron chi connectivity index (χ4n) is 3.49. The van der Waals surface area contributed by atoms with E-state index in [-0.39, 0.29) is 12.6 Å². The van der Waals surface area contributed by atoms with Gasteiger partial charge in [0, 0.05) is 37.3 Å². The summed E-state index contributed by atoms with van der Waals surface area (Å²) in [4.78, 5) is 5.11. The van der Waals surface area contributed by atoms with Crippen LogP contribution in [0.1, 0.15) is 33.1 Å². The summed E-state index contributed by atoms with van der Waals surface area (Å²) in [6.45, 7) is 7.84. The monoisotopic (exact) mass is 255 g/mol. The number of hydrogen-bond acceptors (Lipinski definition) is 4. The molecule has 2 heterocycles. The Labute approximate surface area is 111 Å². The van der Waals surface area contributed by atoms with Crippen molar-refractivity contribution in [2.24, 2.45) is 0 Å². The van der Waals surface area contributed by atoms with Gasteiger partial charge < -0.3 is 15.3 Å². The molecule has 3 atom stereocenters. The van der Waals surface area contributed by atoms with E-state index in [1.165, 1.54) is 32.4 Å². The third kappa shape index (κ3) is 3.44. The summed E-state index contributed by atoms with van der Waals surface area (Å²) in [5.41, 5.74) is 0. The smallest absolute Gasteiger partial charge is 0.0597 e. The molecular formula is C14H29N3O. The number of likely N-dealkylation sites (tertiary alicyclic amines) is 1. The zero-order valence-electron chi connectivity index (χ0n) is 12.1. The van der Waals surface area contributed by atoms with E-state index in [0.717, 1.165) is 18.6 Å². The molecule has 0 spiro atoms. The van der Waals surface area contributed by atoms with Crippen molar-refractivity contribution in [3.05, 3.63) is 0 Å². The van der Waals surface area contributed by atoms with Crippen LogP contribution in [-0.4, -0.2) is 72.4 Å². The highest BCUT2D eigenvalue weighted by molar-refractivity contribution is 4.91. The summed E-state index contributed by atoms with van der Waals surface area (Å²) in [7, 11) is 2.28. The summed E-state index contributed by atoms with van der Waals surface area (Å²) >= 11 is 0. The quantitative estimate of drug-likeness (QED) is 0.751. The first-order valence-electron chi connectivity index (χ1n) is 7.41. The van der Waals surface area contributed by atoms with Crippen LogP contribution in [0.15, 0.2) is 0 Å². The zero-order valence-corrected chi connectivity index (χ0v) is 12.1. The van der Waals surface area contributed by atoms with Gasteiger partial charge in [0.05, 0.1) is 6.61 Å². The number of aliphatic hydroxyl groups is 1. The molecular weight excluding hydrogens is 226 g/mol. The minimum absolute atomic E-state index is 0.215. The van der Waals surface area contributed by atoms with Crippen LogP contribution in [0.3, 0.4) is 0 Å². The maximum Gasteiger partial charge on any atom is 0.0597 e. The van der Waals surface area contributed by atoms with Crippen molar-refractivity contribution < 1.29 is 5.11 Å². The molecule has 0 amide bonds. The number of nitrogens with one attached hydrogen (secondary N) is 1. The van der Waals surface area contributed by atoms with Gasteiger partial charge in [-0.1, -0.05) is 13.8 Å². The summed E-state index contributed by atoms with van der Waals surface area (Å²) in [5, 5.41) is 12.9. The van der Waals surface area contributed by atoms with Crippen LogP contribution in [0, 0.1) is 0 Å². The highest BCUT2D eigenvalue weighted by Gasteiger charge is 2.34. The molecule has 0 aromatic rings. The van der Waals surface area contributed by atoms with Crippen LogP contribution in [0.25, 0.3) is 0 Å². The van der Waals surface area contributed by atoms with E-state index < -0.39 is 0 Å². The first-order chi connectivity index (χ1) is 8.60. The van der Waals surface area contributed by atoms with Crippen molar-refractivity contribution in [1.82, 2.24) is 15.1 Å². The van der Waals surface area contributed by atoms with E-state index in [0.29, 0.717) is 6.04 Å². The van der Waals surface area contributed by atoms with Crippen molar-refractivity contribution in [2.45, 2.75) is 57.3 Å². The SMILES string of the molecule is CC(C)NC(CO)CN1CCC2CCC(C1)N2C. The standard InChI is InChI=1S/C14H29N3O/c1-11(2)15-12(10-18)8-17-7-6-13-4-5-14(9-17)16(13)3/h11-15,18H,4-10H2,1-3H3. The molecule has 2 rings (SSSR count). The Morgan fingerprint density at radius 2 is 1.94 bits per heavy atom. The zero-order chi connectivity index (χ0) is 13.1. The molecule has 4 heteroatoms. The lowest BCUT2D eigenvalue weighted by Crippen LogP contribution is -2.48. The van der Waals surface area contributed by atoms with E-state index in [2.05, 4.69) is 36.0 Å². The maximum absolute atomic E-state index is 9.46. The third-order valence-corrected chi connectivity index (χ3v) is 4.50. The lowest BCUT2D eigenvalue weighted by atomic mass is 10.1. The number of hydrogen-bond donors (Lipinski definition) is 2. The first kappa shape index (κ1) is 14.3. The van der Waals surface area contributed by atoms with E-state index >= 15 is 0 Å². The number of likely N-dealkylation sites (N-methyl/N-ethyl adjacent to an activating group) is 1. The molecule has 2 aliphatic heterocycles. The van der Waals surface area contributed by atoms with Gasteiger partial charge >= 0.3 is 0 Å². The van der Waals surface area contributed by atoms with Gasteiger partial charge in [-0.3, -0.25) is 4.90 Å². The largest absolute Gasteiger partial charge is 0.395 e. The normalized spacial score (nSPS) is 31.8. The fourth-order valence-corrected chi connectivity index (χ4v) is 3.49. The maximum atomic E-state index is 9.46. The third-order valence-electron chi connectivity index (χ3n) is 4.50. The molecule has 106 valence electrons. The topological polar surface area (TPSA) is 38.7 Å². The predicted octanol–water partition coefficient (Wildman–Crippen LogP) is 0.514. The summed E-state index contributed by atoms with van der Waals surface area (Å²) in [6, 6.07) is 2.18. The molecule has 0 radical (unpaired) electrons. The summed E-state index contributed by atoms with van der Waals surface area (Å²) in [5.74, 6) is 0. The van der Waals surface area contributed by atoms with Gasteiger partial charge in [0.25, 0.3) is 0 Å². The average Bonchev–Trinajstić information content (AvgIpc) is 2.55. The van der Waals surface area contributed by atoms with Gasteiger partial charge in [0.2, 0.25) is 0 Å². The lowest BCUT2D eigenvalue weighted by Gasteiger charge is -2.30. The Balaban J connectivity index is 1.86. The number of aliphatic hydroxyl groups excluding tert-OH is 1. The van der Waals surface area contributed by atoms with E-state index in [9.17, 15) is 5.11 Å². The Bertz CT molecular complexity index is 259. The molecule has 2 aliphatic rings. The molecule has 0 aliphatic carbocycles. The number of nitrogens with zero attached hydrogens (tertiary/aromatic N) is 2. The van der Waals surface area contributed by atoms with Crippen LogP contribution in [0.2, 0.25) is 0 Å². The second kappa shape index (κ2) is 6.33. The van der Waals surface area contributed by atoms with E-state index in [1.807, 2.05) is 0 Å². The van der Waals surface area contributed by atoms with E-state index in [1.54, 1.807) is 0 Å². The number of rotatable bonds is 5. The molecule has 0 aromatic carbocycles. The van der Waals surface area contributed by atoms with Gasteiger partial charge in [0.1, 0.15) is 0 Å². The molecule has 0 aromatic heterocycles. The molecule has 4 nitrogen and oxygen atoms in total. The van der Waals surface area contributed by atoms with Gasteiger partial charge in [-0.05, 0) is 32.9 Å². The second-order valence-corrected chi connectivity index (χ2v) is 6.30. The summed E-state index contributed by atoms with van der Waals surface area (Å²) in [6.07, 6.45) is 4.01. The van der Waals surface area contributed by atoms with Crippen LogP contribution < -0.4 is 5.32 Å². The first-order valence-corrected chi connectivity index (χ1v) is 7.41. The van der Waals surface area contributed by atoms with Crippen LogP contribution in [-0.2, 0) is 0 Å². The van der Waals surface area contributed by atoms with Crippen molar-refractivity contribution >= 4 is 0 Å². The average molecular weight is 255 g/mol. The van der Waals surface area contributed by atoms with Crippen molar-refractivity contribution in [1.29, 1.82) is 0 Å². The highest BCUT2D eigenvalue weighted by Crippen LogP contribution is 2.28. The molecule has 3 unspecified atom stereocenters. The van der Waals surface area contributed by atoms with Crippen LogP contribution in [0.4, 0.5) is 0 Å². The molecule has 2 saturated heterocycles. The lowest BCUT2D eigenvalue weighted by molar-refractivity contribution is 0.164. The fraction of sp³-hybridized carbons (Fsp3) is 1.00. The molecule has 2 fully saturated rings. The molecule has 2 bridgehead atoms. The minimum atomic E-state index is 0.215. The minimum Gasteiger partial charge on any atom is -0.395 e. The second-order valence-electron chi connectivity index (χ2n) is 6.30. The Morgan fingerprint density at radius 1 is 1.22 bits per heavy atom. The predicted molar refractivity (Wildman–Crippen MR) is 74.8 cm³/mol. The van der Waals surface area contributed by atoms with Gasteiger partial charge in [-0.15, -0.1) is 0 Å². The van der Waals surface area contributed by atoms with Crippen LogP contribution >= 0.6 is 0 Å². The van der Waals surface area contributed by atoms with Crippen molar-refractivity contribution in [2.75, 3.05) is 33.3 Å². The van der Waals surface area contributed by atoms with Gasteiger partial charge in [-0.25, -0.2) is 0 Å². The Hall–Kier alpha value is -0.160. The van der Waals surface area contributed by atoms with Crippen molar-refractivity contribution in [3.8, 4) is 0 Å². The summed E-state index contributed by atoms with van der Waals surface area (Å²) < 4.78 is 0. The van der Waals surface area contributed by atoms with E-state index in [4.69, 9.17) is 0 Å². The molecule has 18 heavy (non-hydrogen) atoms. The molecule has 0 saturated carbocycles. The number of fused-ring (bicyclic) bond motifs is 2. The highest BCUT2D eigenvalue weighted by atomic mass is 16.3. The van der Waals surface area contributed by atoms with Crippen molar-refractivity contribution in [3.63, 3.8) is 0 Å².